The third-order valence-corrected chi connectivity index (χ3v) is 4.95. The molecule has 0 saturated heterocycles. The van der Waals surface area contributed by atoms with Crippen molar-refractivity contribution in [3.05, 3.63) is 64.7 Å². The first kappa shape index (κ1) is 22.8. The predicted molar refractivity (Wildman–Crippen MR) is 125 cm³/mol. The molecule has 0 aliphatic rings. The molecule has 0 aliphatic heterocycles. The molecule has 1 N–H and O–H groups in total. The molecule has 162 valence electrons. The minimum atomic E-state index is -0.756. The maximum atomic E-state index is 14.3. The van der Waals surface area contributed by atoms with Crippen molar-refractivity contribution in [1.82, 2.24) is 14.9 Å². The Morgan fingerprint density at radius 2 is 2.06 bits per heavy atom. The van der Waals surface area contributed by atoms with E-state index in [-0.39, 0.29) is 6.42 Å². The summed E-state index contributed by atoms with van der Waals surface area (Å²) in [7, 11) is 3.62. The van der Waals surface area contributed by atoms with E-state index in [4.69, 9.17) is 4.74 Å². The summed E-state index contributed by atoms with van der Waals surface area (Å²) in [6, 6.07) is 11.2. The van der Waals surface area contributed by atoms with Crippen molar-refractivity contribution >= 4 is 44.1 Å². The number of carbonyl (C=O) groups excluding carboxylic acids is 1. The third kappa shape index (κ3) is 6.08. The Morgan fingerprint density at radius 3 is 2.77 bits per heavy atom. The van der Waals surface area contributed by atoms with E-state index in [2.05, 4.69) is 31.2 Å². The van der Waals surface area contributed by atoms with Gasteiger partial charge < -0.3 is 15.0 Å². The minimum absolute atomic E-state index is 0.119. The van der Waals surface area contributed by atoms with Crippen LogP contribution in [0.25, 0.3) is 10.9 Å². The monoisotopic (exact) mass is 486 g/mol. The number of anilines is 2. The summed E-state index contributed by atoms with van der Waals surface area (Å²) >= 11 is 3.46. The van der Waals surface area contributed by atoms with Gasteiger partial charge in [-0.1, -0.05) is 22.0 Å². The number of fused-ring (bicyclic) bond motifs is 1. The van der Waals surface area contributed by atoms with Crippen LogP contribution in [-0.4, -0.2) is 47.9 Å². The molecule has 6 nitrogen and oxygen atoms in total. The highest BCUT2D eigenvalue weighted by Crippen LogP contribution is 2.31. The van der Waals surface area contributed by atoms with Crippen molar-refractivity contribution in [2.75, 3.05) is 32.6 Å². The quantitative estimate of drug-likeness (QED) is 0.426. The van der Waals surface area contributed by atoms with Gasteiger partial charge in [0.05, 0.1) is 12.1 Å². The van der Waals surface area contributed by atoms with E-state index in [1.165, 1.54) is 12.4 Å². The number of nitrogens with one attached hydrogen (secondary N) is 1. The Labute approximate surface area is 189 Å². The lowest BCUT2D eigenvalue weighted by atomic mass is 10.0. The molecular weight excluding hydrogens is 463 g/mol. The van der Waals surface area contributed by atoms with Crippen LogP contribution in [0.15, 0.2) is 59.1 Å². The van der Waals surface area contributed by atoms with Crippen LogP contribution in [0, 0.1) is 0 Å². The van der Waals surface area contributed by atoms with Crippen LogP contribution in [-0.2, 0) is 11.2 Å². The molecule has 1 heterocycles. The molecule has 0 atom stereocenters. The van der Waals surface area contributed by atoms with Gasteiger partial charge >= 0.3 is 0 Å². The molecule has 0 spiro atoms. The van der Waals surface area contributed by atoms with Crippen LogP contribution in [0.2, 0.25) is 0 Å². The summed E-state index contributed by atoms with van der Waals surface area (Å²) in [5.74, 6) is -0.257. The van der Waals surface area contributed by atoms with Gasteiger partial charge in [-0.25, -0.2) is 14.4 Å². The normalized spacial score (nSPS) is 11.7. The summed E-state index contributed by atoms with van der Waals surface area (Å²) < 4.78 is 20.9. The lowest BCUT2D eigenvalue weighted by Crippen LogP contribution is -2.13. The van der Waals surface area contributed by atoms with Crippen LogP contribution < -0.4 is 10.1 Å². The van der Waals surface area contributed by atoms with Crippen LogP contribution in [0.4, 0.5) is 15.9 Å². The van der Waals surface area contributed by atoms with Gasteiger partial charge in [0.2, 0.25) is 0 Å². The van der Waals surface area contributed by atoms with E-state index in [9.17, 15) is 9.18 Å². The molecule has 3 rings (SSSR count). The Morgan fingerprint density at radius 1 is 1.26 bits per heavy atom. The molecule has 0 unspecified atom stereocenters. The lowest BCUT2D eigenvalue weighted by molar-refractivity contribution is -0.116. The molecule has 3 aromatic rings. The van der Waals surface area contributed by atoms with Crippen molar-refractivity contribution in [3.8, 4) is 5.75 Å². The SMILES string of the molecule is CCOc1cc2ncnc(Nc3cccc(Br)c3)c2cc1CC(=O)C(F)=CCN(C)C. The van der Waals surface area contributed by atoms with Crippen LogP contribution in [0.3, 0.4) is 0 Å². The summed E-state index contributed by atoms with van der Waals surface area (Å²) in [4.78, 5) is 22.9. The topological polar surface area (TPSA) is 67.4 Å². The number of Topliss-reactive ketones (excluding diaryl/α,β-unsaturated/α-hetero) is 1. The number of nitrogens with zero attached hydrogens (tertiary/aromatic N) is 3. The van der Waals surface area contributed by atoms with E-state index in [1.54, 1.807) is 17.0 Å². The average Bonchev–Trinajstić information content (AvgIpc) is 2.73. The Bertz CT molecular complexity index is 1120. The Kier molecular flexibility index (Phi) is 7.70. The van der Waals surface area contributed by atoms with Gasteiger partial charge in [-0.15, -0.1) is 0 Å². The second-order valence-corrected chi connectivity index (χ2v) is 8.10. The fraction of sp³-hybridized carbons (Fsp3) is 0.261. The molecule has 2 aromatic carbocycles. The van der Waals surface area contributed by atoms with Crippen LogP contribution in [0.1, 0.15) is 12.5 Å². The largest absolute Gasteiger partial charge is 0.494 e. The zero-order valence-electron chi connectivity index (χ0n) is 17.7. The van der Waals surface area contributed by atoms with Crippen molar-refractivity contribution in [3.63, 3.8) is 0 Å². The fourth-order valence-corrected chi connectivity index (χ4v) is 3.39. The van der Waals surface area contributed by atoms with E-state index in [0.717, 1.165) is 10.2 Å². The first-order chi connectivity index (χ1) is 14.9. The number of aromatic nitrogens is 2. The van der Waals surface area contributed by atoms with Crippen LogP contribution >= 0.6 is 15.9 Å². The molecule has 8 heteroatoms. The molecule has 0 saturated carbocycles. The van der Waals surface area contributed by atoms with Gasteiger partial charge in [0.25, 0.3) is 0 Å². The Balaban J connectivity index is 1.98. The van der Waals surface area contributed by atoms with E-state index >= 15 is 0 Å². The van der Waals surface area contributed by atoms with Crippen molar-refractivity contribution in [2.45, 2.75) is 13.3 Å². The fourth-order valence-electron chi connectivity index (χ4n) is 2.99. The standard InChI is InChI=1S/C23H24BrFN4O2/c1-4-31-22-13-20-18(10-15(22)11-21(30)19(25)8-9-29(2)3)23(27-14-26-20)28-17-7-5-6-16(24)12-17/h5-8,10,12-14H,4,9,11H2,1-3H3,(H,26,27,28). The van der Waals surface area contributed by atoms with Gasteiger partial charge in [-0.3, -0.25) is 4.79 Å². The number of ketones is 1. The molecule has 0 aliphatic carbocycles. The summed E-state index contributed by atoms with van der Waals surface area (Å²) in [6.07, 6.45) is 2.63. The number of halogens is 2. The summed E-state index contributed by atoms with van der Waals surface area (Å²) in [5, 5.41) is 3.99. The summed E-state index contributed by atoms with van der Waals surface area (Å²) in [6.45, 7) is 2.62. The maximum Gasteiger partial charge on any atom is 0.195 e. The number of hydrogen-bond donors (Lipinski definition) is 1. The first-order valence-electron chi connectivity index (χ1n) is 9.84. The van der Waals surface area contributed by atoms with E-state index < -0.39 is 11.6 Å². The zero-order chi connectivity index (χ0) is 22.4. The molecule has 0 amide bonds. The van der Waals surface area contributed by atoms with Crippen LogP contribution in [0.5, 0.6) is 5.75 Å². The molecule has 0 radical (unpaired) electrons. The molecule has 0 fully saturated rings. The average molecular weight is 487 g/mol. The number of rotatable bonds is 9. The highest BCUT2D eigenvalue weighted by atomic mass is 79.9. The second-order valence-electron chi connectivity index (χ2n) is 7.18. The van der Waals surface area contributed by atoms with Gasteiger partial charge in [0.1, 0.15) is 17.9 Å². The molecule has 31 heavy (non-hydrogen) atoms. The molecule has 0 bridgehead atoms. The van der Waals surface area contributed by atoms with Gasteiger partial charge in [0, 0.05) is 40.1 Å². The number of carbonyl (C=O) groups is 1. The first-order valence-corrected chi connectivity index (χ1v) is 10.6. The smallest absolute Gasteiger partial charge is 0.195 e. The lowest BCUT2D eigenvalue weighted by Gasteiger charge is -2.14. The molecular formula is C23H24BrFN4O2. The maximum absolute atomic E-state index is 14.3. The number of hydrogen-bond acceptors (Lipinski definition) is 6. The van der Waals surface area contributed by atoms with Crippen molar-refractivity contribution in [1.29, 1.82) is 0 Å². The van der Waals surface area contributed by atoms with E-state index in [1.807, 2.05) is 45.3 Å². The van der Waals surface area contributed by atoms with Gasteiger partial charge in [0.15, 0.2) is 11.6 Å². The predicted octanol–water partition coefficient (Wildman–Crippen LogP) is 5.06. The zero-order valence-corrected chi connectivity index (χ0v) is 19.2. The highest BCUT2D eigenvalue weighted by Gasteiger charge is 2.17. The number of benzene rings is 2. The minimum Gasteiger partial charge on any atom is -0.494 e. The van der Waals surface area contributed by atoms with Crippen molar-refractivity contribution < 1.29 is 13.9 Å². The summed E-state index contributed by atoms with van der Waals surface area (Å²) in [5.41, 5.74) is 2.09. The number of likely N-dealkylation sites (N-methyl/N-ethyl adjacent to an activating group) is 1. The van der Waals surface area contributed by atoms with E-state index in [0.29, 0.717) is 41.2 Å². The van der Waals surface area contributed by atoms with Gasteiger partial charge in [-0.2, -0.15) is 0 Å². The Hall–Kier alpha value is -2.84. The number of allylic oxidation sites excluding steroid dienone is 1. The number of ether oxygens (including phenoxy) is 1. The third-order valence-electron chi connectivity index (χ3n) is 4.46. The second kappa shape index (κ2) is 10.5. The molecule has 1 aromatic heterocycles. The van der Waals surface area contributed by atoms with Crippen molar-refractivity contribution in [2.24, 2.45) is 0 Å². The van der Waals surface area contributed by atoms with Gasteiger partial charge in [-0.05, 0) is 51.4 Å². The highest BCUT2D eigenvalue weighted by molar-refractivity contribution is 9.10.